The molecule has 2 rings (SSSR count). The predicted octanol–water partition coefficient (Wildman–Crippen LogP) is 2.78. The van der Waals surface area contributed by atoms with Gasteiger partial charge in [0.05, 0.1) is 5.41 Å². The SMILES string of the molecule is NC1CCC(C(=O)O)(C2CCC(F)(F)CC2)CC1. The Labute approximate surface area is 106 Å². The molecule has 0 atom stereocenters. The lowest BCUT2D eigenvalue weighted by molar-refractivity contribution is -0.160. The summed E-state index contributed by atoms with van der Waals surface area (Å²) in [5.74, 6) is -3.52. The van der Waals surface area contributed by atoms with Crippen LogP contribution in [0.5, 0.6) is 0 Å². The molecule has 18 heavy (non-hydrogen) atoms. The molecule has 0 bridgehead atoms. The molecular formula is C13H21F2NO2. The first-order chi connectivity index (χ1) is 8.36. The highest BCUT2D eigenvalue weighted by molar-refractivity contribution is 5.75. The van der Waals surface area contributed by atoms with Crippen LogP contribution in [0.1, 0.15) is 51.4 Å². The summed E-state index contributed by atoms with van der Waals surface area (Å²) in [7, 11) is 0. The number of carboxylic acids is 1. The van der Waals surface area contributed by atoms with Crippen molar-refractivity contribution in [1.82, 2.24) is 0 Å². The van der Waals surface area contributed by atoms with Crippen LogP contribution in [0.2, 0.25) is 0 Å². The Bertz CT molecular complexity index is 315. The Hall–Kier alpha value is -0.710. The fourth-order valence-electron chi connectivity index (χ4n) is 3.54. The average molecular weight is 261 g/mol. The molecule has 0 aromatic rings. The predicted molar refractivity (Wildman–Crippen MR) is 63.4 cm³/mol. The van der Waals surface area contributed by atoms with Crippen LogP contribution in [0.3, 0.4) is 0 Å². The average Bonchev–Trinajstić information content (AvgIpc) is 2.30. The monoisotopic (exact) mass is 261 g/mol. The molecule has 104 valence electrons. The number of aliphatic carboxylic acids is 1. The molecule has 0 saturated heterocycles. The highest BCUT2D eigenvalue weighted by atomic mass is 19.3. The van der Waals surface area contributed by atoms with Crippen LogP contribution in [0, 0.1) is 11.3 Å². The van der Waals surface area contributed by atoms with Gasteiger partial charge in [0.15, 0.2) is 0 Å². The van der Waals surface area contributed by atoms with Crippen LogP contribution >= 0.6 is 0 Å². The van der Waals surface area contributed by atoms with Crippen LogP contribution in [0.25, 0.3) is 0 Å². The fraction of sp³-hybridized carbons (Fsp3) is 0.923. The molecule has 3 nitrogen and oxygen atoms in total. The smallest absolute Gasteiger partial charge is 0.309 e. The van der Waals surface area contributed by atoms with E-state index in [1.807, 2.05) is 0 Å². The van der Waals surface area contributed by atoms with Crippen molar-refractivity contribution in [1.29, 1.82) is 0 Å². The lowest BCUT2D eigenvalue weighted by atomic mass is 9.61. The summed E-state index contributed by atoms with van der Waals surface area (Å²) in [5, 5.41) is 9.53. The summed E-state index contributed by atoms with van der Waals surface area (Å²) in [4.78, 5) is 11.6. The summed E-state index contributed by atoms with van der Waals surface area (Å²) < 4.78 is 26.3. The summed E-state index contributed by atoms with van der Waals surface area (Å²) in [6, 6.07) is 0.0718. The molecule has 0 radical (unpaired) electrons. The number of rotatable bonds is 2. The van der Waals surface area contributed by atoms with Gasteiger partial charge in [-0.25, -0.2) is 8.78 Å². The van der Waals surface area contributed by atoms with Gasteiger partial charge in [0.25, 0.3) is 0 Å². The standard InChI is InChI=1S/C13H21F2NO2/c14-13(15)7-1-9(2-8-13)12(11(17)18)5-3-10(16)4-6-12/h9-10H,1-8,16H2,(H,17,18). The van der Waals surface area contributed by atoms with Gasteiger partial charge in [-0.15, -0.1) is 0 Å². The summed E-state index contributed by atoms with van der Waals surface area (Å²) in [5.41, 5.74) is 5.02. The number of hydrogen-bond acceptors (Lipinski definition) is 2. The molecule has 0 aliphatic heterocycles. The number of carbonyl (C=O) groups is 1. The van der Waals surface area contributed by atoms with Gasteiger partial charge in [-0.1, -0.05) is 0 Å². The Morgan fingerprint density at radius 3 is 2.00 bits per heavy atom. The highest BCUT2D eigenvalue weighted by Crippen LogP contribution is 2.50. The third-order valence-corrected chi connectivity index (χ3v) is 4.85. The third kappa shape index (κ3) is 2.51. The van der Waals surface area contributed by atoms with E-state index in [4.69, 9.17) is 5.73 Å². The summed E-state index contributed by atoms with van der Waals surface area (Å²) >= 11 is 0. The zero-order chi connectivity index (χ0) is 13.4. The molecule has 2 aliphatic carbocycles. The van der Waals surface area contributed by atoms with E-state index in [0.717, 1.165) is 0 Å². The molecule has 3 N–H and O–H groups in total. The van der Waals surface area contributed by atoms with Crippen molar-refractivity contribution in [2.75, 3.05) is 0 Å². The van der Waals surface area contributed by atoms with Crippen LogP contribution in [-0.4, -0.2) is 23.0 Å². The second kappa shape index (κ2) is 4.76. The van der Waals surface area contributed by atoms with E-state index in [2.05, 4.69) is 0 Å². The summed E-state index contributed by atoms with van der Waals surface area (Å²) in [6.07, 6.45) is 2.79. The fourth-order valence-corrected chi connectivity index (χ4v) is 3.54. The maximum absolute atomic E-state index is 13.2. The maximum Gasteiger partial charge on any atom is 0.309 e. The quantitative estimate of drug-likeness (QED) is 0.803. The third-order valence-electron chi connectivity index (χ3n) is 4.85. The Kier molecular flexibility index (Phi) is 3.63. The van der Waals surface area contributed by atoms with Gasteiger partial charge in [0.1, 0.15) is 0 Å². The van der Waals surface area contributed by atoms with E-state index in [0.29, 0.717) is 38.5 Å². The van der Waals surface area contributed by atoms with Gasteiger partial charge in [-0.3, -0.25) is 4.79 Å². The molecule has 0 aromatic heterocycles. The second-order valence-corrected chi connectivity index (χ2v) is 5.93. The van der Waals surface area contributed by atoms with E-state index < -0.39 is 17.3 Å². The molecule has 2 fully saturated rings. The molecule has 0 unspecified atom stereocenters. The van der Waals surface area contributed by atoms with Crippen LogP contribution in [-0.2, 0) is 4.79 Å². The van der Waals surface area contributed by atoms with E-state index in [1.54, 1.807) is 0 Å². The van der Waals surface area contributed by atoms with Crippen LogP contribution in [0.4, 0.5) is 8.78 Å². The van der Waals surface area contributed by atoms with Gasteiger partial charge in [-0.2, -0.15) is 0 Å². The van der Waals surface area contributed by atoms with Crippen molar-refractivity contribution >= 4 is 5.97 Å². The first-order valence-corrected chi connectivity index (χ1v) is 6.72. The molecule has 0 amide bonds. The van der Waals surface area contributed by atoms with E-state index in [-0.39, 0.29) is 24.8 Å². The van der Waals surface area contributed by atoms with Crippen LogP contribution in [0.15, 0.2) is 0 Å². The Balaban J connectivity index is 2.09. The van der Waals surface area contributed by atoms with Crippen LogP contribution < -0.4 is 5.73 Å². The number of nitrogens with two attached hydrogens (primary N) is 1. The van der Waals surface area contributed by atoms with E-state index in [1.165, 1.54) is 0 Å². The number of hydrogen-bond donors (Lipinski definition) is 2. The minimum atomic E-state index is -2.60. The first kappa shape index (κ1) is 13.7. The Morgan fingerprint density at radius 1 is 1.06 bits per heavy atom. The van der Waals surface area contributed by atoms with E-state index in [9.17, 15) is 18.7 Å². The maximum atomic E-state index is 13.2. The number of carboxylic acid groups (broad SMARTS) is 1. The molecule has 2 aliphatic rings. The van der Waals surface area contributed by atoms with Crippen molar-refractivity contribution in [3.05, 3.63) is 0 Å². The van der Waals surface area contributed by atoms with Gasteiger partial charge in [0, 0.05) is 18.9 Å². The van der Waals surface area contributed by atoms with E-state index >= 15 is 0 Å². The van der Waals surface area contributed by atoms with Crippen molar-refractivity contribution in [3.8, 4) is 0 Å². The molecule has 0 aromatic carbocycles. The largest absolute Gasteiger partial charge is 0.481 e. The zero-order valence-corrected chi connectivity index (χ0v) is 10.5. The van der Waals surface area contributed by atoms with Crippen molar-refractivity contribution in [3.63, 3.8) is 0 Å². The lowest BCUT2D eigenvalue weighted by Crippen LogP contribution is -2.46. The summed E-state index contributed by atoms with van der Waals surface area (Å²) in [6.45, 7) is 0. The van der Waals surface area contributed by atoms with Gasteiger partial charge in [-0.05, 0) is 44.4 Å². The van der Waals surface area contributed by atoms with Crippen molar-refractivity contribution in [2.45, 2.75) is 63.3 Å². The van der Waals surface area contributed by atoms with Gasteiger partial charge < -0.3 is 10.8 Å². The first-order valence-electron chi connectivity index (χ1n) is 6.72. The minimum absolute atomic E-state index is 0.0718. The van der Waals surface area contributed by atoms with Crippen molar-refractivity contribution < 1.29 is 18.7 Å². The van der Waals surface area contributed by atoms with Gasteiger partial charge in [0.2, 0.25) is 5.92 Å². The number of alkyl halides is 2. The Morgan fingerprint density at radius 2 is 1.56 bits per heavy atom. The number of halogens is 2. The molecule has 2 saturated carbocycles. The lowest BCUT2D eigenvalue weighted by Gasteiger charge is -2.44. The zero-order valence-electron chi connectivity index (χ0n) is 10.5. The molecule has 5 heteroatoms. The minimum Gasteiger partial charge on any atom is -0.481 e. The van der Waals surface area contributed by atoms with Crippen molar-refractivity contribution in [2.24, 2.45) is 17.1 Å². The molecular weight excluding hydrogens is 240 g/mol. The second-order valence-electron chi connectivity index (χ2n) is 5.93. The molecule has 0 spiro atoms. The highest BCUT2D eigenvalue weighted by Gasteiger charge is 2.50. The normalized spacial score (nSPS) is 37.4. The molecule has 0 heterocycles. The van der Waals surface area contributed by atoms with Gasteiger partial charge >= 0.3 is 5.97 Å². The topological polar surface area (TPSA) is 63.3 Å².